The molecule has 136 valence electrons. The Morgan fingerprint density at radius 2 is 1.92 bits per heavy atom. The Kier molecular flexibility index (Phi) is 5.62. The highest BCUT2D eigenvalue weighted by Crippen LogP contribution is 2.34. The zero-order valence-corrected chi connectivity index (χ0v) is 15.3. The predicted octanol–water partition coefficient (Wildman–Crippen LogP) is 3.75. The lowest BCUT2D eigenvalue weighted by Gasteiger charge is -2.15. The van der Waals surface area contributed by atoms with Crippen molar-refractivity contribution in [3.63, 3.8) is 0 Å². The summed E-state index contributed by atoms with van der Waals surface area (Å²) in [5.74, 6) is 0.637. The topological polar surface area (TPSA) is 109 Å². The largest absolute Gasteiger partial charge is 0.497 e. The highest BCUT2D eigenvalue weighted by molar-refractivity contribution is 5.58. The number of aromatic hydroxyl groups is 1. The SMILES string of the molecule is COc1ccc(OC)c(N=Nc2c(C)c(C#N)c(O)n(C(C)C)c2=O)c1. The monoisotopic (exact) mass is 356 g/mol. The third kappa shape index (κ3) is 3.37. The van der Waals surface area contributed by atoms with E-state index in [1.165, 1.54) is 14.2 Å². The normalized spacial score (nSPS) is 11.0. The van der Waals surface area contributed by atoms with Crippen molar-refractivity contribution in [1.82, 2.24) is 4.57 Å². The van der Waals surface area contributed by atoms with E-state index in [0.717, 1.165) is 4.57 Å². The van der Waals surface area contributed by atoms with Crippen LogP contribution in [-0.4, -0.2) is 23.9 Å². The average molecular weight is 356 g/mol. The minimum Gasteiger partial charge on any atom is -0.497 e. The second-order valence-electron chi connectivity index (χ2n) is 5.79. The number of benzene rings is 1. The summed E-state index contributed by atoms with van der Waals surface area (Å²) in [4.78, 5) is 12.7. The van der Waals surface area contributed by atoms with E-state index in [2.05, 4.69) is 10.2 Å². The van der Waals surface area contributed by atoms with Crippen molar-refractivity contribution in [3.05, 3.63) is 39.7 Å². The van der Waals surface area contributed by atoms with E-state index < -0.39 is 5.56 Å². The van der Waals surface area contributed by atoms with Gasteiger partial charge in [-0.3, -0.25) is 9.36 Å². The first-order chi connectivity index (χ1) is 12.3. The molecule has 2 aromatic rings. The van der Waals surface area contributed by atoms with Gasteiger partial charge in [-0.15, -0.1) is 10.2 Å². The molecule has 0 aliphatic heterocycles. The van der Waals surface area contributed by atoms with Crippen molar-refractivity contribution < 1.29 is 14.6 Å². The fraction of sp³-hybridized carbons (Fsp3) is 0.333. The molecule has 1 aromatic heterocycles. The van der Waals surface area contributed by atoms with Crippen molar-refractivity contribution in [3.8, 4) is 23.4 Å². The molecule has 1 heterocycles. The maximum Gasteiger partial charge on any atom is 0.281 e. The van der Waals surface area contributed by atoms with E-state index in [-0.39, 0.29) is 28.7 Å². The molecule has 0 spiro atoms. The van der Waals surface area contributed by atoms with Gasteiger partial charge in [-0.25, -0.2) is 0 Å². The minimum absolute atomic E-state index is 0.00939. The van der Waals surface area contributed by atoms with Crippen LogP contribution in [0.5, 0.6) is 17.4 Å². The molecule has 0 saturated carbocycles. The Hall–Kier alpha value is -3.34. The lowest BCUT2D eigenvalue weighted by molar-refractivity contribution is 0.386. The van der Waals surface area contributed by atoms with Crippen LogP contribution in [0.4, 0.5) is 11.4 Å². The Morgan fingerprint density at radius 1 is 1.23 bits per heavy atom. The van der Waals surface area contributed by atoms with E-state index in [1.54, 1.807) is 39.0 Å². The summed E-state index contributed by atoms with van der Waals surface area (Å²) >= 11 is 0. The first-order valence-electron chi connectivity index (χ1n) is 7.87. The maximum atomic E-state index is 12.7. The third-order valence-corrected chi connectivity index (χ3v) is 3.88. The standard InChI is InChI=1S/C18H20N4O4/c1-10(2)22-17(23)13(9-19)11(3)16(18(22)24)21-20-14-8-12(25-4)6-7-15(14)26-5/h6-8,10,23H,1-5H3. The van der Waals surface area contributed by atoms with Crippen LogP contribution in [0.1, 0.15) is 31.0 Å². The molecular formula is C18H20N4O4. The van der Waals surface area contributed by atoms with Crippen LogP contribution in [0, 0.1) is 18.3 Å². The number of hydrogen-bond donors (Lipinski definition) is 1. The van der Waals surface area contributed by atoms with E-state index in [9.17, 15) is 15.2 Å². The van der Waals surface area contributed by atoms with Gasteiger partial charge in [-0.1, -0.05) is 0 Å². The van der Waals surface area contributed by atoms with E-state index in [1.807, 2.05) is 6.07 Å². The first-order valence-corrected chi connectivity index (χ1v) is 7.87. The molecule has 0 fully saturated rings. The highest BCUT2D eigenvalue weighted by Gasteiger charge is 2.20. The van der Waals surface area contributed by atoms with E-state index in [0.29, 0.717) is 17.2 Å². The summed E-state index contributed by atoms with van der Waals surface area (Å²) in [6.45, 7) is 4.99. The van der Waals surface area contributed by atoms with Gasteiger partial charge in [-0.2, -0.15) is 5.26 Å². The minimum atomic E-state index is -0.528. The van der Waals surface area contributed by atoms with Gasteiger partial charge in [0.25, 0.3) is 5.56 Å². The van der Waals surface area contributed by atoms with Gasteiger partial charge in [-0.05, 0) is 32.9 Å². The quantitative estimate of drug-likeness (QED) is 0.821. The number of rotatable bonds is 5. The van der Waals surface area contributed by atoms with Gasteiger partial charge in [0.1, 0.15) is 28.8 Å². The summed E-state index contributed by atoms with van der Waals surface area (Å²) in [7, 11) is 3.01. The lowest BCUT2D eigenvalue weighted by Crippen LogP contribution is -2.23. The van der Waals surface area contributed by atoms with Gasteiger partial charge < -0.3 is 14.6 Å². The van der Waals surface area contributed by atoms with E-state index in [4.69, 9.17) is 9.47 Å². The molecule has 1 aromatic carbocycles. The summed E-state index contributed by atoms with van der Waals surface area (Å²) in [5.41, 5.74) is 0.0771. The molecule has 2 rings (SSSR count). The van der Waals surface area contributed by atoms with Gasteiger partial charge in [0.05, 0.1) is 14.2 Å². The molecular weight excluding hydrogens is 336 g/mol. The molecule has 26 heavy (non-hydrogen) atoms. The summed E-state index contributed by atoms with van der Waals surface area (Å²) in [5, 5.41) is 27.7. The number of pyridine rings is 1. The number of azo groups is 1. The molecule has 0 saturated heterocycles. The first kappa shape index (κ1) is 19.0. The molecule has 0 aliphatic rings. The van der Waals surface area contributed by atoms with Gasteiger partial charge in [0, 0.05) is 17.7 Å². The second kappa shape index (κ2) is 7.70. The zero-order valence-electron chi connectivity index (χ0n) is 15.3. The Balaban J connectivity index is 2.68. The van der Waals surface area contributed by atoms with Crippen LogP contribution in [-0.2, 0) is 0 Å². The van der Waals surface area contributed by atoms with Crippen LogP contribution in [0.25, 0.3) is 0 Å². The Labute approximate surface area is 150 Å². The molecule has 8 nitrogen and oxygen atoms in total. The number of aromatic nitrogens is 1. The molecule has 0 aliphatic carbocycles. The predicted molar refractivity (Wildman–Crippen MR) is 95.9 cm³/mol. The van der Waals surface area contributed by atoms with Crippen molar-refractivity contribution in [2.45, 2.75) is 26.8 Å². The lowest BCUT2D eigenvalue weighted by atomic mass is 10.1. The van der Waals surface area contributed by atoms with Crippen LogP contribution in [0.2, 0.25) is 0 Å². The van der Waals surface area contributed by atoms with Gasteiger partial charge >= 0.3 is 0 Å². The molecule has 0 radical (unpaired) electrons. The van der Waals surface area contributed by atoms with Crippen LogP contribution in [0.3, 0.4) is 0 Å². The molecule has 0 amide bonds. The summed E-state index contributed by atoms with van der Waals surface area (Å²) < 4.78 is 11.5. The molecule has 0 bridgehead atoms. The van der Waals surface area contributed by atoms with Crippen molar-refractivity contribution in [2.24, 2.45) is 10.2 Å². The van der Waals surface area contributed by atoms with Gasteiger partial charge in [0.15, 0.2) is 5.69 Å². The average Bonchev–Trinajstić information content (AvgIpc) is 2.61. The smallest absolute Gasteiger partial charge is 0.281 e. The van der Waals surface area contributed by atoms with Crippen molar-refractivity contribution in [1.29, 1.82) is 5.26 Å². The number of hydrogen-bond acceptors (Lipinski definition) is 7. The fourth-order valence-corrected chi connectivity index (χ4v) is 2.49. The molecule has 0 atom stereocenters. The van der Waals surface area contributed by atoms with Gasteiger partial charge in [0.2, 0.25) is 5.88 Å². The van der Waals surface area contributed by atoms with E-state index >= 15 is 0 Å². The highest BCUT2D eigenvalue weighted by atomic mass is 16.5. The maximum absolute atomic E-state index is 12.7. The fourth-order valence-electron chi connectivity index (χ4n) is 2.49. The van der Waals surface area contributed by atoms with Crippen LogP contribution >= 0.6 is 0 Å². The third-order valence-electron chi connectivity index (χ3n) is 3.88. The Morgan fingerprint density at radius 3 is 2.46 bits per heavy atom. The molecule has 1 N–H and O–H groups in total. The summed E-state index contributed by atoms with van der Waals surface area (Å²) in [6, 6.07) is 6.56. The second-order valence-corrected chi connectivity index (χ2v) is 5.79. The zero-order chi connectivity index (χ0) is 19.4. The number of nitrogens with zero attached hydrogens (tertiary/aromatic N) is 4. The van der Waals surface area contributed by atoms with Crippen molar-refractivity contribution >= 4 is 11.4 Å². The summed E-state index contributed by atoms with van der Waals surface area (Å²) in [6.07, 6.45) is 0. The number of ether oxygens (including phenoxy) is 2. The molecule has 0 unspecified atom stereocenters. The van der Waals surface area contributed by atoms with Crippen LogP contribution in [0.15, 0.2) is 33.2 Å². The Bertz CT molecular complexity index is 955. The number of nitriles is 1. The van der Waals surface area contributed by atoms with Crippen LogP contribution < -0.4 is 15.0 Å². The number of methoxy groups -OCH3 is 2. The molecule has 8 heteroatoms. The van der Waals surface area contributed by atoms with Crippen molar-refractivity contribution in [2.75, 3.05) is 14.2 Å².